The van der Waals surface area contributed by atoms with Crippen LogP contribution in [0.4, 0.5) is 5.69 Å². The van der Waals surface area contributed by atoms with E-state index >= 15 is 0 Å². The molecule has 30 heavy (non-hydrogen) atoms. The average Bonchev–Trinajstić information content (AvgIpc) is 3.03. The molecule has 2 aromatic carbocycles. The molecule has 1 atom stereocenters. The van der Waals surface area contributed by atoms with E-state index in [9.17, 15) is 13.2 Å². The number of sulfonamides is 1. The largest absolute Gasteiger partial charge is 0.370 e. The quantitative estimate of drug-likeness (QED) is 0.758. The molecule has 0 radical (unpaired) electrons. The molecule has 0 saturated carbocycles. The van der Waals surface area contributed by atoms with Gasteiger partial charge < -0.3 is 10.2 Å². The average molecular weight is 430 g/mol. The maximum absolute atomic E-state index is 13.3. The van der Waals surface area contributed by atoms with Crippen LogP contribution in [-0.2, 0) is 14.8 Å². The second kappa shape index (κ2) is 9.62. The van der Waals surface area contributed by atoms with Crippen LogP contribution in [0.3, 0.4) is 0 Å². The van der Waals surface area contributed by atoms with Crippen LogP contribution in [0.15, 0.2) is 53.4 Å². The first-order valence-electron chi connectivity index (χ1n) is 10.4. The number of carbonyl (C=O) groups is 1. The highest BCUT2D eigenvalue weighted by Gasteiger charge is 2.28. The van der Waals surface area contributed by atoms with E-state index in [4.69, 9.17) is 0 Å². The Morgan fingerprint density at radius 2 is 1.63 bits per heavy atom. The van der Waals surface area contributed by atoms with E-state index in [0.717, 1.165) is 31.2 Å². The lowest BCUT2D eigenvalue weighted by atomic mass is 10.1. The van der Waals surface area contributed by atoms with Gasteiger partial charge in [0, 0.05) is 32.9 Å². The Hall–Kier alpha value is -2.38. The Labute approximate surface area is 179 Å². The van der Waals surface area contributed by atoms with Crippen molar-refractivity contribution in [1.29, 1.82) is 0 Å². The van der Waals surface area contributed by atoms with E-state index in [1.807, 2.05) is 43.3 Å². The summed E-state index contributed by atoms with van der Waals surface area (Å²) in [5.41, 5.74) is 2.15. The molecule has 0 bridgehead atoms. The van der Waals surface area contributed by atoms with Crippen LogP contribution >= 0.6 is 0 Å². The first-order valence-corrected chi connectivity index (χ1v) is 11.9. The van der Waals surface area contributed by atoms with Crippen molar-refractivity contribution >= 4 is 21.6 Å². The molecule has 1 aliphatic heterocycles. The second-order valence-corrected chi connectivity index (χ2v) is 9.93. The topological polar surface area (TPSA) is 69.7 Å². The minimum Gasteiger partial charge on any atom is -0.370 e. The third-order valence-electron chi connectivity index (χ3n) is 5.50. The van der Waals surface area contributed by atoms with Gasteiger partial charge in [0.05, 0.1) is 4.90 Å². The zero-order valence-electron chi connectivity index (χ0n) is 18.0. The highest BCUT2D eigenvalue weighted by Crippen LogP contribution is 2.28. The highest BCUT2D eigenvalue weighted by atomic mass is 32.2. The monoisotopic (exact) mass is 429 g/mol. The fraction of sp³-hybridized carbons (Fsp3) is 0.435. The predicted octanol–water partition coefficient (Wildman–Crippen LogP) is 3.80. The maximum atomic E-state index is 13.3. The summed E-state index contributed by atoms with van der Waals surface area (Å²) in [5, 5.41) is 3.26. The first kappa shape index (κ1) is 22.3. The van der Waals surface area contributed by atoms with Crippen molar-refractivity contribution in [1.82, 2.24) is 9.21 Å². The number of aryl methyl sites for hydroxylation is 1. The molecule has 3 rings (SSSR count). The SMILES string of the molecule is Cc1ccc(N[C@@H](C(=O)N(C)C)c2ccccc2)cc1S(=O)(=O)N1CCCCCC1. The molecule has 1 saturated heterocycles. The molecule has 1 amide bonds. The standard InChI is InChI=1S/C23H31N3O3S/c1-18-13-14-20(17-21(18)30(28,29)26-15-9-4-5-10-16-26)24-22(23(27)25(2)3)19-11-7-6-8-12-19/h6-8,11-14,17,22,24H,4-5,9-10,15-16H2,1-3H3/t22-/m1/s1. The van der Waals surface area contributed by atoms with Gasteiger partial charge in [0.15, 0.2) is 0 Å². The summed E-state index contributed by atoms with van der Waals surface area (Å²) in [6.07, 6.45) is 3.92. The van der Waals surface area contributed by atoms with Gasteiger partial charge in [0.25, 0.3) is 0 Å². The predicted molar refractivity (Wildman–Crippen MR) is 120 cm³/mol. The first-order chi connectivity index (χ1) is 14.3. The highest BCUT2D eigenvalue weighted by molar-refractivity contribution is 7.89. The summed E-state index contributed by atoms with van der Waals surface area (Å²) in [5.74, 6) is -0.0984. The fourth-order valence-electron chi connectivity index (χ4n) is 3.75. The zero-order valence-corrected chi connectivity index (χ0v) is 18.8. The molecular weight excluding hydrogens is 398 g/mol. The lowest BCUT2D eigenvalue weighted by Gasteiger charge is -2.25. The molecular formula is C23H31N3O3S. The number of benzene rings is 2. The molecule has 1 N–H and O–H groups in total. The number of amides is 1. The number of nitrogens with zero attached hydrogens (tertiary/aromatic N) is 2. The molecule has 0 aliphatic carbocycles. The Morgan fingerprint density at radius 3 is 2.23 bits per heavy atom. The van der Waals surface area contributed by atoms with E-state index in [0.29, 0.717) is 29.2 Å². The number of rotatable bonds is 6. The number of hydrogen-bond acceptors (Lipinski definition) is 4. The van der Waals surface area contributed by atoms with Crippen molar-refractivity contribution in [3.63, 3.8) is 0 Å². The second-order valence-electron chi connectivity index (χ2n) is 8.02. The smallest absolute Gasteiger partial charge is 0.249 e. The summed E-state index contributed by atoms with van der Waals surface area (Å²) in [4.78, 5) is 14.7. The number of carbonyl (C=O) groups excluding carboxylic acids is 1. The molecule has 1 heterocycles. The van der Waals surface area contributed by atoms with Crippen LogP contribution in [-0.4, -0.2) is 50.7 Å². The summed E-state index contributed by atoms with van der Waals surface area (Å²) < 4.78 is 28.3. The maximum Gasteiger partial charge on any atom is 0.249 e. The third kappa shape index (κ3) is 5.02. The number of hydrogen-bond donors (Lipinski definition) is 1. The van der Waals surface area contributed by atoms with Crippen molar-refractivity contribution in [2.45, 2.75) is 43.5 Å². The van der Waals surface area contributed by atoms with Gasteiger partial charge in [0.1, 0.15) is 6.04 Å². The number of nitrogens with one attached hydrogen (secondary N) is 1. The Bertz CT molecular complexity index is 966. The Morgan fingerprint density at radius 1 is 1.00 bits per heavy atom. The normalized spacial score (nSPS) is 16.5. The summed E-state index contributed by atoms with van der Waals surface area (Å²) in [6, 6.07) is 14.1. The van der Waals surface area contributed by atoms with Crippen LogP contribution in [0, 0.1) is 6.92 Å². The molecule has 6 nitrogen and oxygen atoms in total. The number of likely N-dealkylation sites (N-methyl/N-ethyl adjacent to an activating group) is 1. The van der Waals surface area contributed by atoms with Crippen molar-refractivity contribution < 1.29 is 13.2 Å². The molecule has 7 heteroatoms. The van der Waals surface area contributed by atoms with Crippen LogP contribution in [0.5, 0.6) is 0 Å². The van der Waals surface area contributed by atoms with Crippen molar-refractivity contribution in [2.75, 3.05) is 32.5 Å². The van der Waals surface area contributed by atoms with Gasteiger partial charge in [-0.3, -0.25) is 4.79 Å². The minimum atomic E-state index is -3.58. The molecule has 162 valence electrons. The lowest BCUT2D eigenvalue weighted by Crippen LogP contribution is -2.33. The van der Waals surface area contributed by atoms with Crippen molar-refractivity contribution in [3.05, 3.63) is 59.7 Å². The Kier molecular flexibility index (Phi) is 7.15. The summed E-state index contributed by atoms with van der Waals surface area (Å²) in [7, 11) is -0.152. The van der Waals surface area contributed by atoms with E-state index in [1.165, 1.54) is 4.90 Å². The van der Waals surface area contributed by atoms with Crippen molar-refractivity contribution in [3.8, 4) is 0 Å². The fourth-order valence-corrected chi connectivity index (χ4v) is 5.51. The van der Waals surface area contributed by atoms with Crippen LogP contribution < -0.4 is 5.32 Å². The van der Waals surface area contributed by atoms with E-state index < -0.39 is 16.1 Å². The van der Waals surface area contributed by atoms with Gasteiger partial charge in [-0.25, -0.2) is 8.42 Å². The Balaban J connectivity index is 1.94. The van der Waals surface area contributed by atoms with Gasteiger partial charge >= 0.3 is 0 Å². The molecule has 0 aromatic heterocycles. The zero-order chi connectivity index (χ0) is 21.7. The van der Waals surface area contributed by atoms with Crippen LogP contribution in [0.25, 0.3) is 0 Å². The molecule has 0 unspecified atom stereocenters. The third-order valence-corrected chi connectivity index (χ3v) is 7.54. The summed E-state index contributed by atoms with van der Waals surface area (Å²) in [6.45, 7) is 2.94. The van der Waals surface area contributed by atoms with E-state index in [1.54, 1.807) is 30.5 Å². The lowest BCUT2D eigenvalue weighted by molar-refractivity contribution is -0.129. The minimum absolute atomic E-state index is 0.0984. The number of anilines is 1. The van der Waals surface area contributed by atoms with Gasteiger partial charge in [-0.15, -0.1) is 0 Å². The molecule has 2 aromatic rings. The van der Waals surface area contributed by atoms with Gasteiger partial charge in [0.2, 0.25) is 15.9 Å². The molecule has 0 spiro atoms. The van der Waals surface area contributed by atoms with Gasteiger partial charge in [-0.05, 0) is 43.0 Å². The summed E-state index contributed by atoms with van der Waals surface area (Å²) >= 11 is 0. The van der Waals surface area contributed by atoms with Gasteiger partial charge in [-0.2, -0.15) is 4.31 Å². The van der Waals surface area contributed by atoms with Crippen LogP contribution in [0.1, 0.15) is 42.9 Å². The van der Waals surface area contributed by atoms with Gasteiger partial charge in [-0.1, -0.05) is 49.2 Å². The van der Waals surface area contributed by atoms with Crippen LogP contribution in [0.2, 0.25) is 0 Å². The molecule has 1 aliphatic rings. The van der Waals surface area contributed by atoms with Crippen molar-refractivity contribution in [2.24, 2.45) is 0 Å². The van der Waals surface area contributed by atoms with E-state index in [-0.39, 0.29) is 5.91 Å². The van der Waals surface area contributed by atoms with E-state index in [2.05, 4.69) is 5.32 Å². The molecule has 1 fully saturated rings.